The summed E-state index contributed by atoms with van der Waals surface area (Å²) >= 11 is 12.4. The van der Waals surface area contributed by atoms with Crippen LogP contribution in [0, 0.1) is 48.3 Å². The summed E-state index contributed by atoms with van der Waals surface area (Å²) in [6, 6.07) is 0. The van der Waals surface area contributed by atoms with Crippen molar-refractivity contribution >= 4 is 113 Å². The van der Waals surface area contributed by atoms with Gasteiger partial charge in [0, 0.05) is 31.3 Å². The van der Waals surface area contributed by atoms with Crippen LogP contribution >= 0.6 is 31.0 Å². The first-order valence-electron chi connectivity index (χ1n) is 45.8. The van der Waals surface area contributed by atoms with E-state index in [1.54, 1.807) is 104 Å². The number of hydrogen-bond donors (Lipinski definition) is 5. The highest BCUT2D eigenvalue weighted by Gasteiger charge is 2.64. The maximum atomic E-state index is 15.9. The minimum absolute atomic E-state index is 0.00412. The monoisotopic (exact) mass is 2040 g/mol. The van der Waals surface area contributed by atoms with Gasteiger partial charge in [0.25, 0.3) is 17.0 Å². The van der Waals surface area contributed by atoms with Crippen molar-refractivity contribution in [2.75, 3.05) is 51.8 Å². The van der Waals surface area contributed by atoms with Crippen LogP contribution in [-0.4, -0.2) is 249 Å². The molecule has 140 heavy (non-hydrogen) atoms. The first-order chi connectivity index (χ1) is 65.6. The second-order valence-corrected chi connectivity index (χ2v) is 39.5. The molecule has 6 aliphatic rings. The van der Waals surface area contributed by atoms with Crippen LogP contribution in [0.1, 0.15) is 212 Å². The molecular formula is C92H132Cl2F4N13O28P. The molecule has 1 amide bonds. The topological polar surface area (TPSA) is 513 Å². The number of H-pyrrole nitrogens is 2. The highest BCUT2D eigenvalue weighted by molar-refractivity contribution is 7.48. The Morgan fingerprint density at radius 3 is 1.40 bits per heavy atom. The van der Waals surface area contributed by atoms with Crippen LogP contribution in [0.25, 0.3) is 22.3 Å². The summed E-state index contributed by atoms with van der Waals surface area (Å²) in [6.45, 7) is 40.9. The number of fused-ring (bicyclic) bond motifs is 2. The lowest BCUT2D eigenvalue weighted by atomic mass is 9.96. The Balaban J connectivity index is 0.000000256. The van der Waals surface area contributed by atoms with Gasteiger partial charge in [-0.15, -0.1) is 29.8 Å². The van der Waals surface area contributed by atoms with Crippen LogP contribution in [-0.2, 0) is 118 Å². The Labute approximate surface area is 818 Å². The molecule has 6 aliphatic heterocycles. The molecule has 16 atom stereocenters. The molecule has 0 aromatic carbocycles. The molecular weight excluding hydrogens is 1910 g/mol. The number of nitrogens with two attached hydrogens (primary N) is 1. The highest BCUT2D eigenvalue weighted by atomic mass is 35.5. The van der Waals surface area contributed by atoms with Gasteiger partial charge in [-0.2, -0.15) is 0 Å². The number of aliphatic hydroxyl groups is 1. The standard InChI is InChI=1S/C27H43ClFN3O5.C25H36FN4O11P.C21H27FN4O6.C19H26ClFN2O6/c1-4-6-8-10-12-14-22(33)35-19-27(18-28)25(36-23(34)15-13-11-9-7-5-2)24(29)26(37-27)32-17-16-21(30)31-20(32)3;1-9-25(17(31)15(26)20(41-25)30-11-27-16-18(30)28-14(2)29-19(16)32)10-38-42(35,39-12-36-21(33)23(3,4)5)40-13-37-22(34)24(6,7)8;1-7-21(8-30-19(28)10(2)3)15(31-20(29)11(4)5)13(22)18(32-21)26-9-23-14-16(26)24-12(6)25-17(14)27;1-10(2)17(25)27-9-19(8-20)15(28-18(26)11(3)4)14(21)16(29-19)23-7-6-13(24)22-12(23)5/h16-17,24-26H,3-15,18-19H2,1-2H3,(H2,30,31);9,11,15,17,20,31H,1,10,12-13H2,2-8H3,(H,28,29,32);7,9-11,13,15,18H,1,8H2,2-6H3,(H,24,25,27);6-7,10-11,14-16H,5,8-9H2,1-4H3,(H,22,24)/t24-,25+,26-,27-;15-,17+,20-,25-;13-,15+,18-,21-;14-,15+,16-,19-/m1111/s1. The minimum atomic E-state index is -4.72. The summed E-state index contributed by atoms with van der Waals surface area (Å²) in [6.07, 6.45) is 0.879. The summed E-state index contributed by atoms with van der Waals surface area (Å²) < 4.78 is 160. The maximum absolute atomic E-state index is 15.9. The fraction of sp³-hybridized carbons (Fsp3) is 0.652. The zero-order valence-electron chi connectivity index (χ0n) is 82.1. The summed E-state index contributed by atoms with van der Waals surface area (Å²) in [7, 11) is -4.72. The zero-order chi connectivity index (χ0) is 105. The summed E-state index contributed by atoms with van der Waals surface area (Å²) in [5.41, 5.74) is -4.00. The molecule has 10 rings (SSSR count). The number of aromatic amines is 2. The van der Waals surface area contributed by atoms with Gasteiger partial charge in [0.1, 0.15) is 60.7 Å². The molecule has 4 saturated heterocycles. The first kappa shape index (κ1) is 117. The number of aryl methyl sites for hydroxylation is 2. The number of aliphatic hydroxyl groups excluding tert-OH is 1. The second kappa shape index (κ2) is 51.0. The number of halogens is 6. The number of hydrogen-bond acceptors (Lipinski definition) is 36. The van der Waals surface area contributed by atoms with E-state index in [4.69, 9.17) is 99.3 Å². The van der Waals surface area contributed by atoms with E-state index >= 15 is 17.6 Å². The molecule has 0 saturated carbocycles. The number of unbranched alkanes of at least 4 members (excludes halogenated alkanes) is 8. The number of esters is 8. The van der Waals surface area contributed by atoms with Crippen molar-refractivity contribution in [1.29, 1.82) is 0 Å². The Bertz CT molecular complexity index is 5280. The predicted octanol–water partition coefficient (Wildman–Crippen LogP) is 12.2. The van der Waals surface area contributed by atoms with E-state index in [2.05, 4.69) is 80.4 Å². The zero-order valence-corrected chi connectivity index (χ0v) is 84.5. The number of amides is 1. The molecule has 48 heteroatoms. The average Bonchev–Trinajstić information content (AvgIpc) is 1.63. The Kier molecular flexibility index (Phi) is 42.5. The quantitative estimate of drug-likeness (QED) is 0.00402. The Morgan fingerprint density at radius 1 is 0.543 bits per heavy atom. The van der Waals surface area contributed by atoms with Gasteiger partial charge in [-0.3, -0.25) is 66.4 Å². The van der Waals surface area contributed by atoms with Crippen molar-refractivity contribution in [3.63, 3.8) is 0 Å². The number of carbonyl (C=O) groups excluding carboxylic acids is 9. The normalized spacial score (nSPS) is 25.6. The number of nitrogens with one attached hydrogen (secondary N) is 3. The van der Waals surface area contributed by atoms with Gasteiger partial charge >= 0.3 is 55.6 Å². The van der Waals surface area contributed by atoms with Gasteiger partial charge in [0.05, 0.1) is 65.5 Å². The number of nitrogens with zero attached hydrogens (tertiary/aromatic N) is 9. The van der Waals surface area contributed by atoms with Crippen LogP contribution in [0.3, 0.4) is 0 Å². The molecule has 6 N–H and O–H groups in total. The van der Waals surface area contributed by atoms with E-state index < -0.39 is 237 Å². The number of phosphoric ester groups is 1. The van der Waals surface area contributed by atoms with E-state index in [9.17, 15) is 62.4 Å². The van der Waals surface area contributed by atoms with E-state index in [-0.39, 0.29) is 76.8 Å². The second-order valence-electron chi connectivity index (χ2n) is 37.3. The summed E-state index contributed by atoms with van der Waals surface area (Å²) in [5, 5.41) is 13.3. The number of ether oxygens (including phenoxy) is 12. The number of phosphoric acid groups is 1. The number of rotatable bonds is 42. The van der Waals surface area contributed by atoms with Gasteiger partial charge in [0.2, 0.25) is 13.6 Å². The van der Waals surface area contributed by atoms with Gasteiger partial charge in [-0.05, 0) is 74.3 Å². The summed E-state index contributed by atoms with van der Waals surface area (Å²) in [5.74, 6) is -6.55. The molecule has 4 aromatic rings. The third-order valence-corrected chi connectivity index (χ3v) is 24.6. The molecule has 4 aromatic heterocycles. The molecule has 0 bridgehead atoms. The largest absolute Gasteiger partial charge is 0.480 e. The highest BCUT2D eigenvalue weighted by Crippen LogP contribution is 2.53. The van der Waals surface area contributed by atoms with Crippen molar-refractivity contribution in [1.82, 2.24) is 54.2 Å². The number of aliphatic imine (C=N–C) groups is 1. The third-order valence-electron chi connectivity index (χ3n) is 22.4. The van der Waals surface area contributed by atoms with Gasteiger partial charge in [0.15, 0.2) is 107 Å². The molecule has 0 aliphatic carbocycles. The number of amidine groups is 1. The molecule has 0 unspecified atom stereocenters. The Morgan fingerprint density at radius 2 is 0.957 bits per heavy atom. The smallest absolute Gasteiger partial charge is 0.462 e. The Hall–Kier alpha value is -10.3. The first-order valence-corrected chi connectivity index (χ1v) is 48.3. The van der Waals surface area contributed by atoms with Crippen LogP contribution in [0.2, 0.25) is 0 Å². The van der Waals surface area contributed by atoms with E-state index in [0.717, 1.165) is 68.3 Å². The van der Waals surface area contributed by atoms with Crippen molar-refractivity contribution in [2.45, 2.75) is 298 Å². The number of aromatic nitrogens is 8. The average molecular weight is 2050 g/mol. The number of imidazole rings is 2. The summed E-state index contributed by atoms with van der Waals surface area (Å²) in [4.78, 5) is 162. The minimum Gasteiger partial charge on any atom is -0.462 e. The van der Waals surface area contributed by atoms with Crippen molar-refractivity contribution in [3.8, 4) is 0 Å². The van der Waals surface area contributed by atoms with Crippen molar-refractivity contribution < 1.29 is 141 Å². The van der Waals surface area contributed by atoms with E-state index in [0.29, 0.717) is 18.7 Å². The van der Waals surface area contributed by atoms with Crippen LogP contribution in [0.4, 0.5) is 17.6 Å². The van der Waals surface area contributed by atoms with Crippen molar-refractivity contribution in [3.05, 3.63) is 120 Å². The van der Waals surface area contributed by atoms with Crippen molar-refractivity contribution in [2.24, 2.45) is 45.2 Å². The number of alkyl halides is 6. The van der Waals surface area contributed by atoms with E-state index in [1.165, 1.54) is 58.2 Å². The maximum Gasteiger partial charge on any atom is 0.480 e. The lowest BCUT2D eigenvalue weighted by Gasteiger charge is -2.33. The molecule has 0 spiro atoms. The van der Waals surface area contributed by atoms with Crippen LogP contribution in [0.15, 0.2) is 102 Å². The molecule has 10 heterocycles. The van der Waals surface area contributed by atoms with Gasteiger partial charge in [-0.25, -0.2) is 56.1 Å². The fourth-order valence-electron chi connectivity index (χ4n) is 14.1. The van der Waals surface area contributed by atoms with Crippen LogP contribution in [0.5, 0.6) is 0 Å². The molecule has 780 valence electrons. The molecule has 0 radical (unpaired) electrons. The van der Waals surface area contributed by atoms with E-state index in [1.807, 2.05) is 0 Å². The van der Waals surface area contributed by atoms with Gasteiger partial charge < -0.3 is 92.8 Å². The lowest BCUT2D eigenvalue weighted by molar-refractivity contribution is -0.178. The SMILES string of the molecule is C=C1N=C(N)C=CN1[C@@H]1O[C@](CCl)(COC(=O)CCCCCCC)[C@@H](OC(=O)CCCCCCC)[C@H]1F.C=C1NC(=O)C=CN1[C@@H]1O[C@](CCl)(COC(=O)C(C)C)[C@@H](OC(=O)C(C)C)[C@H]1F.C=C[C@]1(COC(=O)C(C)C)O[C@@H](n2cnc3c(=O)[nH]c(C)nc32)[C@H](F)[C@@H]1OC(=O)C(C)C.C=C[C@]1(COP(=O)(OCOC(=O)C(C)(C)C)OCOC(=O)C(C)(C)C)O[C@@H](n2cnc3c(=O)[nH]c(C)nc32)[C@H](F)[C@@H]1O. The van der Waals surface area contributed by atoms with Crippen LogP contribution < -0.4 is 22.2 Å². The molecule has 4 fully saturated rings. The third kappa shape index (κ3) is 29.7. The lowest BCUT2D eigenvalue weighted by Crippen LogP contribution is -2.51. The number of carbonyl (C=O) groups is 9. The fourth-order valence-corrected chi connectivity index (χ4v) is 15.6. The van der Waals surface area contributed by atoms with Gasteiger partial charge in [-0.1, -0.05) is 152 Å². The molecule has 41 nitrogen and oxygen atoms in total. The predicted molar refractivity (Wildman–Crippen MR) is 499 cm³/mol.